The van der Waals surface area contributed by atoms with Crippen LogP contribution in [0.1, 0.15) is 200 Å². The number of amides is 4. The number of hydrogen-bond donors (Lipinski definition) is 1. The minimum absolute atomic E-state index is 0.0510. The van der Waals surface area contributed by atoms with Gasteiger partial charge in [0.1, 0.15) is 13.2 Å². The highest BCUT2D eigenvalue weighted by Crippen LogP contribution is 2.13. The highest BCUT2D eigenvalue weighted by atomic mass is 16.7. The lowest BCUT2D eigenvalue weighted by atomic mass is 10.1. The van der Waals surface area contributed by atoms with E-state index in [9.17, 15) is 19.2 Å². The Bertz CT molecular complexity index is 1160. The first-order valence-electron chi connectivity index (χ1n) is 23.6. The van der Waals surface area contributed by atoms with Crippen molar-refractivity contribution in [2.24, 2.45) is 0 Å². The number of unbranched alkanes of at least 4 members (excludes halogenated alkanes) is 20. The van der Waals surface area contributed by atoms with Gasteiger partial charge >= 0.3 is 0 Å². The number of rotatable bonds is 39. The third-order valence-electron chi connectivity index (χ3n) is 10.8. The second kappa shape index (κ2) is 37.1. The van der Waals surface area contributed by atoms with Crippen molar-refractivity contribution in [1.29, 1.82) is 0 Å². The minimum atomic E-state index is -0.296. The highest BCUT2D eigenvalue weighted by molar-refractivity contribution is 5.80. The summed E-state index contributed by atoms with van der Waals surface area (Å²) in [7, 11) is 0. The Morgan fingerprint density at radius 2 is 0.914 bits per heavy atom. The normalized spacial score (nSPS) is 11.1. The van der Waals surface area contributed by atoms with Crippen LogP contribution in [0.4, 0.5) is 0 Å². The Morgan fingerprint density at radius 1 is 0.517 bits per heavy atom. The second-order valence-corrected chi connectivity index (χ2v) is 16.3. The Balaban J connectivity index is 2.63. The molecule has 1 aromatic carbocycles. The van der Waals surface area contributed by atoms with Crippen LogP contribution in [0.25, 0.3) is 0 Å². The molecule has 0 aliphatic rings. The van der Waals surface area contributed by atoms with Crippen molar-refractivity contribution in [1.82, 2.24) is 20.2 Å². The van der Waals surface area contributed by atoms with Crippen molar-refractivity contribution >= 4 is 23.6 Å². The molecule has 0 atom stereocenters. The van der Waals surface area contributed by atoms with Gasteiger partial charge in [0.2, 0.25) is 17.7 Å². The lowest BCUT2D eigenvalue weighted by molar-refractivity contribution is -0.192. The largest absolute Gasteiger partial charge is 0.362 e. The fourth-order valence-electron chi connectivity index (χ4n) is 7.10. The molecule has 1 aromatic rings. The average molecular weight is 815 g/mol. The lowest BCUT2D eigenvalue weighted by Crippen LogP contribution is -2.39. The Labute approximate surface area is 354 Å². The summed E-state index contributed by atoms with van der Waals surface area (Å²) >= 11 is 0. The summed E-state index contributed by atoms with van der Waals surface area (Å²) in [4.78, 5) is 61.4. The van der Waals surface area contributed by atoms with Gasteiger partial charge in [-0.15, -0.1) is 0 Å². The van der Waals surface area contributed by atoms with E-state index in [1.54, 1.807) is 0 Å². The molecule has 0 aromatic heterocycles. The number of hydrogen-bond acceptors (Lipinski definition) is 6. The van der Waals surface area contributed by atoms with E-state index < -0.39 is 0 Å². The molecule has 1 rings (SSSR count). The summed E-state index contributed by atoms with van der Waals surface area (Å²) in [5, 5.41) is 4.13. The molecule has 0 bridgehead atoms. The van der Waals surface area contributed by atoms with Crippen LogP contribution in [0.15, 0.2) is 24.3 Å². The number of ether oxygens (including phenoxy) is 1. The molecule has 10 heteroatoms. The topological polar surface area (TPSA) is 108 Å². The number of carbonyl (C=O) groups excluding carboxylic acids is 4. The van der Waals surface area contributed by atoms with Crippen molar-refractivity contribution in [3.8, 4) is 0 Å². The molecule has 1 N–H and O–H groups in total. The minimum Gasteiger partial charge on any atom is -0.362 e. The molecule has 4 amide bonds. The Hall–Kier alpha value is -2.98. The maximum atomic E-state index is 13.4. The van der Waals surface area contributed by atoms with Crippen LogP contribution in [-0.2, 0) is 41.8 Å². The summed E-state index contributed by atoms with van der Waals surface area (Å²) in [6.07, 6.45) is 28.1. The molecular weight excluding hydrogens is 729 g/mol. The van der Waals surface area contributed by atoms with E-state index in [0.717, 1.165) is 88.7 Å². The van der Waals surface area contributed by atoms with Gasteiger partial charge in [-0.25, -0.2) is 5.06 Å². The van der Waals surface area contributed by atoms with Crippen LogP contribution in [0.3, 0.4) is 0 Å². The number of benzene rings is 1. The van der Waals surface area contributed by atoms with Crippen molar-refractivity contribution in [2.45, 2.75) is 202 Å². The van der Waals surface area contributed by atoms with Gasteiger partial charge in [0.05, 0.1) is 6.54 Å². The molecule has 0 heterocycles. The zero-order valence-corrected chi connectivity index (χ0v) is 37.9. The van der Waals surface area contributed by atoms with E-state index in [2.05, 4.69) is 33.0 Å². The van der Waals surface area contributed by atoms with Gasteiger partial charge in [0.15, 0.2) is 6.61 Å². The van der Waals surface area contributed by atoms with Crippen LogP contribution in [0.5, 0.6) is 0 Å². The smallest absolute Gasteiger partial charge is 0.251 e. The lowest BCUT2D eigenvalue weighted by Gasteiger charge is -2.25. The molecule has 10 nitrogen and oxygen atoms in total. The molecule has 0 saturated carbocycles. The number of hydroxylamine groups is 2. The van der Waals surface area contributed by atoms with Crippen LogP contribution in [-0.4, -0.2) is 84.5 Å². The Kier molecular flexibility index (Phi) is 33.9. The van der Waals surface area contributed by atoms with Gasteiger partial charge in [0.25, 0.3) is 5.91 Å². The first-order chi connectivity index (χ1) is 28.2. The van der Waals surface area contributed by atoms with Crippen LogP contribution in [0, 0.1) is 0 Å². The van der Waals surface area contributed by atoms with Crippen LogP contribution < -0.4 is 5.32 Å². The van der Waals surface area contributed by atoms with E-state index >= 15 is 0 Å². The van der Waals surface area contributed by atoms with Crippen LogP contribution >= 0.6 is 0 Å². The van der Waals surface area contributed by atoms with E-state index in [1.165, 1.54) is 115 Å². The van der Waals surface area contributed by atoms with E-state index in [0.29, 0.717) is 0 Å². The van der Waals surface area contributed by atoms with Gasteiger partial charge < -0.3 is 19.9 Å². The van der Waals surface area contributed by atoms with Gasteiger partial charge in [-0.05, 0) is 36.8 Å². The highest BCUT2D eigenvalue weighted by Gasteiger charge is 2.18. The maximum absolute atomic E-state index is 13.4. The molecule has 0 spiro atoms. The molecule has 0 aliphatic carbocycles. The summed E-state index contributed by atoms with van der Waals surface area (Å²) in [5.74, 6) is -0.716. The molecular formula is C48H86N4O6. The molecule has 0 radical (unpaired) electrons. The monoisotopic (exact) mass is 815 g/mol. The summed E-state index contributed by atoms with van der Waals surface area (Å²) in [6.45, 7) is 13.2. The Morgan fingerprint density at radius 3 is 1.34 bits per heavy atom. The van der Waals surface area contributed by atoms with Crippen LogP contribution in [0.2, 0.25) is 0 Å². The van der Waals surface area contributed by atoms with Gasteiger partial charge in [0, 0.05) is 39.6 Å². The third kappa shape index (κ3) is 28.4. The zero-order chi connectivity index (χ0) is 42.5. The molecule has 334 valence electrons. The predicted molar refractivity (Wildman–Crippen MR) is 238 cm³/mol. The van der Waals surface area contributed by atoms with E-state index in [1.807, 2.05) is 34.1 Å². The zero-order valence-electron chi connectivity index (χ0n) is 37.9. The first kappa shape index (κ1) is 53.0. The van der Waals surface area contributed by atoms with E-state index in [4.69, 9.17) is 9.57 Å². The quantitative estimate of drug-likeness (QED) is 0.0524. The van der Waals surface area contributed by atoms with Crippen molar-refractivity contribution < 1.29 is 28.8 Å². The fraction of sp³-hybridized carbons (Fsp3) is 0.792. The first-order valence-corrected chi connectivity index (χ1v) is 23.6. The SMILES string of the molecule is CCCCCCCCN(CCCCCCCC)C(=O)COCC(=O)NCc1cccc(CN(OCC(=O)N(CCCCCCCC)CCCCCCCC)C(C)=O)c1. The predicted octanol–water partition coefficient (Wildman–Crippen LogP) is 10.7. The third-order valence-corrected chi connectivity index (χ3v) is 10.8. The summed E-state index contributed by atoms with van der Waals surface area (Å²) < 4.78 is 5.60. The molecule has 0 unspecified atom stereocenters. The van der Waals surface area contributed by atoms with E-state index in [-0.39, 0.29) is 56.5 Å². The fourth-order valence-corrected chi connectivity index (χ4v) is 7.10. The summed E-state index contributed by atoms with van der Waals surface area (Å²) in [6, 6.07) is 7.59. The summed E-state index contributed by atoms with van der Waals surface area (Å²) in [5.41, 5.74) is 1.68. The average Bonchev–Trinajstić information content (AvgIpc) is 3.21. The van der Waals surface area contributed by atoms with Crippen molar-refractivity contribution in [2.75, 3.05) is 46.0 Å². The number of nitrogens with one attached hydrogen (secondary N) is 1. The van der Waals surface area contributed by atoms with Gasteiger partial charge in [-0.2, -0.15) is 0 Å². The molecule has 0 fully saturated rings. The standard InChI is InChI=1S/C48H86N4O6/c1-6-10-14-18-22-26-33-50(34-27-23-19-15-11-7-2)47(55)41-57-40-46(54)49-38-44-31-30-32-45(37-44)39-52(43(5)53)58-42-48(56)51(35-28-24-20-16-12-8-3)36-29-25-21-17-13-9-4/h30-32,37H,6-29,33-36,38-42H2,1-5H3,(H,49,54). The van der Waals surface area contributed by atoms with Gasteiger partial charge in [-0.3, -0.25) is 24.0 Å². The number of nitrogens with zero attached hydrogens (tertiary/aromatic N) is 3. The second-order valence-electron chi connectivity index (χ2n) is 16.3. The van der Waals surface area contributed by atoms with Crippen molar-refractivity contribution in [3.05, 3.63) is 35.4 Å². The molecule has 58 heavy (non-hydrogen) atoms. The molecule has 0 saturated heterocycles. The number of carbonyl (C=O) groups is 4. The van der Waals surface area contributed by atoms with Crippen molar-refractivity contribution in [3.63, 3.8) is 0 Å². The maximum Gasteiger partial charge on any atom is 0.251 e. The van der Waals surface area contributed by atoms with Gasteiger partial charge in [-0.1, -0.05) is 180 Å². The molecule has 0 aliphatic heterocycles.